The van der Waals surface area contributed by atoms with Gasteiger partial charge in [0.1, 0.15) is 0 Å². The number of hydrogen-bond acceptors (Lipinski definition) is 4. The van der Waals surface area contributed by atoms with Crippen molar-refractivity contribution in [1.82, 2.24) is 19.2 Å². The smallest absolute Gasteiger partial charge is 0.253 e. The van der Waals surface area contributed by atoms with Gasteiger partial charge in [0.25, 0.3) is 5.91 Å². The van der Waals surface area contributed by atoms with Crippen LogP contribution in [0.4, 0.5) is 0 Å². The fourth-order valence-corrected chi connectivity index (χ4v) is 5.86. The molecule has 0 aliphatic carbocycles. The van der Waals surface area contributed by atoms with E-state index < -0.39 is 0 Å². The lowest BCUT2D eigenvalue weighted by Gasteiger charge is -2.34. The van der Waals surface area contributed by atoms with Gasteiger partial charge in [0, 0.05) is 50.0 Å². The van der Waals surface area contributed by atoms with Crippen LogP contribution < -0.4 is 0 Å². The highest BCUT2D eigenvalue weighted by atomic mass is 32.1. The minimum Gasteiger partial charge on any atom is -0.336 e. The number of carbonyl (C=O) groups is 1. The predicted molar refractivity (Wildman–Crippen MR) is 143 cm³/mol. The van der Waals surface area contributed by atoms with E-state index in [4.69, 9.17) is 4.98 Å². The van der Waals surface area contributed by atoms with Crippen LogP contribution in [0, 0.1) is 0 Å². The molecule has 6 heteroatoms. The number of aromatic nitrogens is 2. The molecule has 3 heterocycles. The van der Waals surface area contributed by atoms with Crippen molar-refractivity contribution < 1.29 is 4.79 Å². The predicted octanol–water partition coefficient (Wildman–Crippen LogP) is 5.74. The van der Waals surface area contributed by atoms with E-state index >= 15 is 0 Å². The summed E-state index contributed by atoms with van der Waals surface area (Å²) in [6.45, 7) is 6.43. The minimum absolute atomic E-state index is 0.119. The minimum atomic E-state index is 0.119. The molecule has 3 aromatic carbocycles. The maximum absolute atomic E-state index is 13.2. The molecular weight excluding hydrogens is 452 g/mol. The maximum atomic E-state index is 13.2. The lowest BCUT2D eigenvalue weighted by atomic mass is 10.1. The van der Waals surface area contributed by atoms with E-state index in [0.29, 0.717) is 0 Å². The molecular formula is C29H28N4OS. The number of piperazine rings is 1. The van der Waals surface area contributed by atoms with E-state index in [-0.39, 0.29) is 5.91 Å². The number of carbonyl (C=O) groups excluding carboxylic acids is 1. The number of nitrogens with zero attached hydrogens (tertiary/aromatic N) is 4. The first-order valence-corrected chi connectivity index (χ1v) is 13.1. The molecule has 1 aliphatic rings. The molecule has 0 N–H and O–H groups in total. The molecule has 35 heavy (non-hydrogen) atoms. The molecule has 0 bridgehead atoms. The van der Waals surface area contributed by atoms with Crippen molar-refractivity contribution in [2.24, 2.45) is 0 Å². The molecule has 0 spiro atoms. The number of rotatable bonds is 5. The van der Waals surface area contributed by atoms with Crippen LogP contribution in [-0.2, 0) is 13.0 Å². The molecule has 0 saturated carbocycles. The highest BCUT2D eigenvalue weighted by Crippen LogP contribution is 2.30. The Balaban J connectivity index is 1.17. The molecule has 2 aromatic heterocycles. The van der Waals surface area contributed by atoms with Gasteiger partial charge in [0.05, 0.1) is 15.9 Å². The Hall–Kier alpha value is -3.48. The summed E-state index contributed by atoms with van der Waals surface area (Å²) in [5, 5.41) is 0. The Labute approximate surface area is 209 Å². The van der Waals surface area contributed by atoms with Crippen LogP contribution in [-0.4, -0.2) is 51.3 Å². The van der Waals surface area contributed by atoms with E-state index in [1.165, 1.54) is 11.1 Å². The Morgan fingerprint density at radius 3 is 2.43 bits per heavy atom. The number of benzene rings is 3. The molecule has 1 aliphatic heterocycles. The fraction of sp³-hybridized carbons (Fsp3) is 0.241. The van der Waals surface area contributed by atoms with Gasteiger partial charge >= 0.3 is 0 Å². The molecule has 6 rings (SSSR count). The van der Waals surface area contributed by atoms with Crippen molar-refractivity contribution in [1.29, 1.82) is 0 Å². The van der Waals surface area contributed by atoms with Crippen LogP contribution in [0.5, 0.6) is 0 Å². The monoisotopic (exact) mass is 480 g/mol. The highest BCUT2D eigenvalue weighted by molar-refractivity contribution is 7.23. The van der Waals surface area contributed by atoms with E-state index in [9.17, 15) is 4.79 Å². The zero-order chi connectivity index (χ0) is 23.8. The Kier molecular flexibility index (Phi) is 5.84. The van der Waals surface area contributed by atoms with Gasteiger partial charge in [0.15, 0.2) is 4.96 Å². The van der Waals surface area contributed by atoms with Gasteiger partial charge in [0.2, 0.25) is 0 Å². The average Bonchev–Trinajstić information content (AvgIpc) is 3.47. The summed E-state index contributed by atoms with van der Waals surface area (Å²) >= 11 is 1.64. The second-order valence-corrected chi connectivity index (χ2v) is 10.2. The lowest BCUT2D eigenvalue weighted by Crippen LogP contribution is -2.48. The van der Waals surface area contributed by atoms with Gasteiger partial charge < -0.3 is 4.90 Å². The first-order valence-electron chi connectivity index (χ1n) is 12.2. The third-order valence-corrected chi connectivity index (χ3v) is 7.93. The molecule has 5 nitrogen and oxygen atoms in total. The summed E-state index contributed by atoms with van der Waals surface area (Å²) in [4.78, 5) is 23.5. The summed E-state index contributed by atoms with van der Waals surface area (Å²) in [5.74, 6) is 0.119. The SMILES string of the molecule is CCc1ccc(-c2cn3c(n2)sc2cc(C(=O)N4CCN(Cc5ccccc5)CC4)ccc23)cc1. The topological polar surface area (TPSA) is 40.9 Å². The number of imidazole rings is 1. The van der Waals surface area contributed by atoms with Crippen LogP contribution in [0.15, 0.2) is 79.0 Å². The van der Waals surface area contributed by atoms with Crippen molar-refractivity contribution in [3.63, 3.8) is 0 Å². The van der Waals surface area contributed by atoms with Crippen molar-refractivity contribution in [2.45, 2.75) is 19.9 Å². The third kappa shape index (κ3) is 4.35. The second-order valence-electron chi connectivity index (χ2n) is 9.17. The quantitative estimate of drug-likeness (QED) is 0.322. The second kappa shape index (κ2) is 9.29. The van der Waals surface area contributed by atoms with Crippen LogP contribution in [0.25, 0.3) is 26.4 Å². The number of aryl methyl sites for hydroxylation is 1. The largest absolute Gasteiger partial charge is 0.336 e. The summed E-state index contributed by atoms with van der Waals surface area (Å²) in [7, 11) is 0. The van der Waals surface area contributed by atoms with Gasteiger partial charge in [-0.3, -0.25) is 14.1 Å². The molecule has 0 atom stereocenters. The van der Waals surface area contributed by atoms with Gasteiger partial charge in [-0.05, 0) is 35.7 Å². The van der Waals surface area contributed by atoms with E-state index in [1.54, 1.807) is 11.3 Å². The molecule has 0 radical (unpaired) electrons. The number of hydrogen-bond donors (Lipinski definition) is 0. The highest BCUT2D eigenvalue weighted by Gasteiger charge is 2.23. The van der Waals surface area contributed by atoms with E-state index in [0.717, 1.165) is 71.1 Å². The van der Waals surface area contributed by atoms with E-state index in [1.807, 2.05) is 23.1 Å². The summed E-state index contributed by atoms with van der Waals surface area (Å²) in [5.41, 5.74) is 6.61. The summed E-state index contributed by atoms with van der Waals surface area (Å²) in [6.07, 6.45) is 3.14. The van der Waals surface area contributed by atoms with Crippen molar-refractivity contribution >= 4 is 32.4 Å². The molecule has 0 unspecified atom stereocenters. The first kappa shape index (κ1) is 22.0. The normalized spacial score (nSPS) is 14.7. The van der Waals surface area contributed by atoms with Gasteiger partial charge in [-0.25, -0.2) is 4.98 Å². The van der Waals surface area contributed by atoms with Gasteiger partial charge in [-0.1, -0.05) is 72.9 Å². The van der Waals surface area contributed by atoms with Gasteiger partial charge in [-0.2, -0.15) is 0 Å². The number of amides is 1. The molecule has 1 amide bonds. The van der Waals surface area contributed by atoms with Gasteiger partial charge in [-0.15, -0.1) is 0 Å². The maximum Gasteiger partial charge on any atom is 0.253 e. The lowest BCUT2D eigenvalue weighted by molar-refractivity contribution is 0.0628. The Morgan fingerprint density at radius 2 is 1.69 bits per heavy atom. The molecule has 5 aromatic rings. The van der Waals surface area contributed by atoms with Crippen molar-refractivity contribution in [3.8, 4) is 11.3 Å². The van der Waals surface area contributed by atoms with Crippen LogP contribution in [0.1, 0.15) is 28.4 Å². The van der Waals surface area contributed by atoms with Crippen LogP contribution >= 0.6 is 11.3 Å². The fourth-order valence-electron chi connectivity index (χ4n) is 4.82. The third-order valence-electron chi connectivity index (χ3n) is 6.91. The zero-order valence-corrected chi connectivity index (χ0v) is 20.7. The van der Waals surface area contributed by atoms with Crippen molar-refractivity contribution in [2.75, 3.05) is 26.2 Å². The summed E-state index contributed by atoms with van der Waals surface area (Å²) in [6, 6.07) is 25.2. The molecule has 1 saturated heterocycles. The number of fused-ring (bicyclic) bond motifs is 3. The first-order chi connectivity index (χ1) is 17.2. The Morgan fingerprint density at radius 1 is 0.914 bits per heavy atom. The standard InChI is InChI=1S/C29H28N4OS/c1-2-21-8-10-23(11-9-21)25-20-33-26-13-12-24(18-27(26)35-29(33)30-25)28(34)32-16-14-31(15-17-32)19-22-6-4-3-5-7-22/h3-13,18,20H,2,14-17,19H2,1H3. The molecule has 1 fully saturated rings. The molecule has 176 valence electrons. The van der Waals surface area contributed by atoms with Crippen LogP contribution in [0.2, 0.25) is 0 Å². The average molecular weight is 481 g/mol. The number of thiazole rings is 1. The zero-order valence-electron chi connectivity index (χ0n) is 19.9. The summed E-state index contributed by atoms with van der Waals surface area (Å²) < 4.78 is 3.23. The van der Waals surface area contributed by atoms with Crippen LogP contribution in [0.3, 0.4) is 0 Å². The Bertz CT molecular complexity index is 1480. The van der Waals surface area contributed by atoms with Crippen molar-refractivity contribution in [3.05, 3.63) is 95.7 Å². The van der Waals surface area contributed by atoms with E-state index in [2.05, 4.69) is 77.0 Å².